The van der Waals surface area contributed by atoms with Crippen LogP contribution in [0.2, 0.25) is 0 Å². The van der Waals surface area contributed by atoms with Gasteiger partial charge < -0.3 is 10.6 Å². The van der Waals surface area contributed by atoms with E-state index in [1.165, 1.54) is 0 Å². The zero-order valence-corrected chi connectivity index (χ0v) is 12.5. The molecule has 0 aliphatic heterocycles. The van der Waals surface area contributed by atoms with E-state index in [-0.39, 0.29) is 17.4 Å². The predicted molar refractivity (Wildman–Crippen MR) is 74.6 cm³/mol. The van der Waals surface area contributed by atoms with Crippen LogP contribution < -0.4 is 10.6 Å². The smallest absolute Gasteiger partial charge is 0.222 e. The number of aromatic nitrogens is 3. The van der Waals surface area contributed by atoms with Gasteiger partial charge in [-0.3, -0.25) is 4.79 Å². The molecule has 0 atom stereocenters. The fourth-order valence-electron chi connectivity index (χ4n) is 1.40. The number of nitrogens with zero attached hydrogens (tertiary/aromatic N) is 3. The molecular weight excluding hydrogens is 242 g/mol. The quantitative estimate of drug-likeness (QED) is 0.751. The number of nitrogens with one attached hydrogen (secondary N) is 2. The first kappa shape index (κ1) is 15.6. The van der Waals surface area contributed by atoms with Gasteiger partial charge in [0.2, 0.25) is 5.91 Å². The Kier molecular flexibility index (Phi) is 5.47. The first-order valence-electron chi connectivity index (χ1n) is 6.71. The molecule has 1 heterocycles. The van der Waals surface area contributed by atoms with Crippen LogP contribution in [0.4, 0.5) is 0 Å². The van der Waals surface area contributed by atoms with E-state index < -0.39 is 0 Å². The fraction of sp³-hybridized carbons (Fsp3) is 0.769. The van der Waals surface area contributed by atoms with Crippen molar-refractivity contribution in [3.05, 3.63) is 11.9 Å². The standard InChI is InChI=1S/C13H25N5O/c1-10(2)12(19)15-7-6-14-8-11-9-18(17-16-11)13(3,4)5/h9-10,14H,6-8H2,1-5H3,(H,15,19). The second kappa shape index (κ2) is 6.65. The molecule has 0 aliphatic carbocycles. The Morgan fingerprint density at radius 1 is 1.37 bits per heavy atom. The SMILES string of the molecule is CC(C)C(=O)NCCNCc1cn(C(C)(C)C)nn1. The Balaban J connectivity index is 2.23. The Morgan fingerprint density at radius 3 is 2.58 bits per heavy atom. The highest BCUT2D eigenvalue weighted by Crippen LogP contribution is 2.11. The minimum atomic E-state index is -0.0451. The summed E-state index contributed by atoms with van der Waals surface area (Å²) in [6, 6.07) is 0. The number of amides is 1. The molecule has 19 heavy (non-hydrogen) atoms. The fourth-order valence-corrected chi connectivity index (χ4v) is 1.40. The van der Waals surface area contributed by atoms with E-state index >= 15 is 0 Å². The molecule has 0 spiro atoms. The Bertz CT molecular complexity index is 405. The van der Waals surface area contributed by atoms with Crippen LogP contribution in [0.3, 0.4) is 0 Å². The van der Waals surface area contributed by atoms with Gasteiger partial charge in [-0.15, -0.1) is 5.10 Å². The maximum Gasteiger partial charge on any atom is 0.222 e. The lowest BCUT2D eigenvalue weighted by molar-refractivity contribution is -0.123. The molecule has 0 radical (unpaired) electrons. The van der Waals surface area contributed by atoms with Crippen molar-refractivity contribution in [3.8, 4) is 0 Å². The van der Waals surface area contributed by atoms with Crippen LogP contribution in [-0.2, 0) is 16.9 Å². The number of hydrogen-bond donors (Lipinski definition) is 2. The van der Waals surface area contributed by atoms with Crippen molar-refractivity contribution in [1.82, 2.24) is 25.6 Å². The minimum Gasteiger partial charge on any atom is -0.355 e. The van der Waals surface area contributed by atoms with E-state index in [0.717, 1.165) is 12.2 Å². The monoisotopic (exact) mass is 267 g/mol. The highest BCUT2D eigenvalue weighted by Gasteiger charge is 2.14. The maximum atomic E-state index is 11.3. The van der Waals surface area contributed by atoms with Crippen LogP contribution >= 0.6 is 0 Å². The summed E-state index contributed by atoms with van der Waals surface area (Å²) >= 11 is 0. The lowest BCUT2D eigenvalue weighted by Crippen LogP contribution is -2.34. The summed E-state index contributed by atoms with van der Waals surface area (Å²) in [7, 11) is 0. The van der Waals surface area contributed by atoms with Crippen LogP contribution in [0.25, 0.3) is 0 Å². The summed E-state index contributed by atoms with van der Waals surface area (Å²) in [6.45, 7) is 12.0. The van der Waals surface area contributed by atoms with Crippen molar-refractivity contribution in [2.24, 2.45) is 5.92 Å². The van der Waals surface area contributed by atoms with Gasteiger partial charge >= 0.3 is 0 Å². The van der Waals surface area contributed by atoms with E-state index in [9.17, 15) is 4.79 Å². The van der Waals surface area contributed by atoms with E-state index in [2.05, 4.69) is 41.7 Å². The molecule has 0 saturated heterocycles. The zero-order valence-electron chi connectivity index (χ0n) is 12.5. The largest absolute Gasteiger partial charge is 0.355 e. The van der Waals surface area contributed by atoms with Crippen LogP contribution in [-0.4, -0.2) is 34.0 Å². The normalized spacial score (nSPS) is 11.9. The van der Waals surface area contributed by atoms with Crippen LogP contribution in [0.15, 0.2) is 6.20 Å². The van der Waals surface area contributed by atoms with Gasteiger partial charge in [-0.1, -0.05) is 19.1 Å². The molecule has 0 aliphatic rings. The molecule has 108 valence electrons. The molecule has 0 saturated carbocycles. The molecule has 2 N–H and O–H groups in total. The Morgan fingerprint density at radius 2 is 2.05 bits per heavy atom. The number of carbonyl (C=O) groups is 1. The molecule has 1 aromatic rings. The van der Waals surface area contributed by atoms with Gasteiger partial charge in [0, 0.05) is 25.6 Å². The van der Waals surface area contributed by atoms with Gasteiger partial charge in [-0.2, -0.15) is 0 Å². The van der Waals surface area contributed by atoms with Crippen molar-refractivity contribution in [2.75, 3.05) is 13.1 Å². The second-order valence-electron chi connectivity index (χ2n) is 5.95. The minimum absolute atomic E-state index is 0.0340. The predicted octanol–water partition coefficient (Wildman–Crippen LogP) is 0.895. The van der Waals surface area contributed by atoms with Gasteiger partial charge in [0.15, 0.2) is 0 Å². The van der Waals surface area contributed by atoms with Gasteiger partial charge in [0.05, 0.1) is 17.4 Å². The third kappa shape index (κ3) is 5.38. The van der Waals surface area contributed by atoms with Gasteiger partial charge in [-0.25, -0.2) is 4.68 Å². The van der Waals surface area contributed by atoms with Crippen molar-refractivity contribution in [1.29, 1.82) is 0 Å². The van der Waals surface area contributed by atoms with Crippen molar-refractivity contribution in [3.63, 3.8) is 0 Å². The number of rotatable bonds is 6. The molecule has 0 bridgehead atoms. The van der Waals surface area contributed by atoms with Gasteiger partial charge in [0.1, 0.15) is 0 Å². The Hall–Kier alpha value is -1.43. The van der Waals surface area contributed by atoms with Crippen LogP contribution in [0.5, 0.6) is 0 Å². The maximum absolute atomic E-state index is 11.3. The third-order valence-corrected chi connectivity index (χ3v) is 2.66. The van der Waals surface area contributed by atoms with Crippen LogP contribution in [0, 0.1) is 5.92 Å². The van der Waals surface area contributed by atoms with Gasteiger partial charge in [0.25, 0.3) is 0 Å². The molecule has 0 fully saturated rings. The molecule has 1 amide bonds. The summed E-state index contributed by atoms with van der Waals surface area (Å²) in [6.07, 6.45) is 1.94. The lowest BCUT2D eigenvalue weighted by Gasteiger charge is -2.17. The molecule has 0 unspecified atom stereocenters. The average molecular weight is 267 g/mol. The summed E-state index contributed by atoms with van der Waals surface area (Å²) in [5.41, 5.74) is 0.862. The molecular formula is C13H25N5O. The summed E-state index contributed by atoms with van der Waals surface area (Å²) in [4.78, 5) is 11.3. The number of carbonyl (C=O) groups excluding carboxylic acids is 1. The zero-order chi connectivity index (χ0) is 14.5. The highest BCUT2D eigenvalue weighted by molar-refractivity contribution is 5.77. The summed E-state index contributed by atoms with van der Waals surface area (Å²) in [5, 5.41) is 14.3. The first-order chi connectivity index (χ1) is 8.80. The Labute approximate surface area is 115 Å². The number of hydrogen-bond acceptors (Lipinski definition) is 4. The lowest BCUT2D eigenvalue weighted by atomic mass is 10.1. The second-order valence-corrected chi connectivity index (χ2v) is 5.95. The topological polar surface area (TPSA) is 71.8 Å². The summed E-state index contributed by atoms with van der Waals surface area (Å²) in [5.74, 6) is 0.118. The van der Waals surface area contributed by atoms with E-state index in [1.807, 2.05) is 24.7 Å². The third-order valence-electron chi connectivity index (χ3n) is 2.66. The van der Waals surface area contributed by atoms with Crippen molar-refractivity contribution in [2.45, 2.75) is 46.7 Å². The molecule has 6 heteroatoms. The van der Waals surface area contributed by atoms with E-state index in [0.29, 0.717) is 13.1 Å². The molecule has 6 nitrogen and oxygen atoms in total. The summed E-state index contributed by atoms with van der Waals surface area (Å²) < 4.78 is 1.85. The highest BCUT2D eigenvalue weighted by atomic mass is 16.1. The molecule has 1 rings (SSSR count). The van der Waals surface area contributed by atoms with Gasteiger partial charge in [-0.05, 0) is 20.8 Å². The van der Waals surface area contributed by atoms with Crippen molar-refractivity contribution >= 4 is 5.91 Å². The average Bonchev–Trinajstić information content (AvgIpc) is 2.76. The molecule has 1 aromatic heterocycles. The molecule has 0 aromatic carbocycles. The van der Waals surface area contributed by atoms with Crippen LogP contribution in [0.1, 0.15) is 40.3 Å². The van der Waals surface area contributed by atoms with Crippen molar-refractivity contribution < 1.29 is 4.79 Å². The van der Waals surface area contributed by atoms with E-state index in [4.69, 9.17) is 0 Å². The van der Waals surface area contributed by atoms with E-state index in [1.54, 1.807) is 0 Å². The first-order valence-corrected chi connectivity index (χ1v) is 6.71.